The number of hydrazine groups is 1. The number of fused-ring (bicyclic) bond motifs is 1. The Kier molecular flexibility index (Phi) is 6.41. The highest BCUT2D eigenvalue weighted by Gasteiger charge is 2.41. The molecule has 168 valence electrons. The van der Waals surface area contributed by atoms with Gasteiger partial charge in [-0.25, -0.2) is 14.8 Å². The number of piperazine rings is 1. The number of nitrogens with zero attached hydrogens (tertiary/aromatic N) is 5. The van der Waals surface area contributed by atoms with Gasteiger partial charge in [-0.05, 0) is 20.8 Å². The summed E-state index contributed by atoms with van der Waals surface area (Å²) in [6.07, 6.45) is 1.21. The lowest BCUT2D eigenvalue weighted by Gasteiger charge is -2.40. The van der Waals surface area contributed by atoms with Crippen molar-refractivity contribution in [2.75, 3.05) is 60.3 Å². The summed E-state index contributed by atoms with van der Waals surface area (Å²) in [5, 5.41) is 6.33. The minimum atomic E-state index is -0.823. The van der Waals surface area contributed by atoms with Crippen molar-refractivity contribution in [2.24, 2.45) is 0 Å². The number of carbonyl (C=O) groups excluding carboxylic acids is 3. The molecule has 3 aliphatic rings. The third kappa shape index (κ3) is 4.96. The molecule has 0 bridgehead atoms. The van der Waals surface area contributed by atoms with E-state index in [1.165, 1.54) is 7.11 Å². The van der Waals surface area contributed by atoms with E-state index >= 15 is 0 Å². The molecular formula is C19H32N6O5. The van der Waals surface area contributed by atoms with Gasteiger partial charge in [-0.15, -0.1) is 0 Å². The van der Waals surface area contributed by atoms with Crippen LogP contribution in [0.4, 0.5) is 4.79 Å². The van der Waals surface area contributed by atoms with E-state index in [0.717, 1.165) is 0 Å². The third-order valence-electron chi connectivity index (χ3n) is 5.07. The zero-order valence-corrected chi connectivity index (χ0v) is 18.4. The van der Waals surface area contributed by atoms with Crippen LogP contribution in [-0.4, -0.2) is 115 Å². The van der Waals surface area contributed by atoms with Gasteiger partial charge in [0.1, 0.15) is 24.0 Å². The van der Waals surface area contributed by atoms with Crippen molar-refractivity contribution in [3.63, 3.8) is 0 Å². The number of alkyl carbamates (subject to hydrolysis) is 1. The van der Waals surface area contributed by atoms with Crippen molar-refractivity contribution in [2.45, 2.75) is 32.4 Å². The number of hydrogen-bond donors (Lipinski definition) is 1. The Bertz CT molecular complexity index is 713. The van der Waals surface area contributed by atoms with E-state index in [1.807, 2.05) is 28.1 Å². The van der Waals surface area contributed by atoms with Crippen LogP contribution in [0.3, 0.4) is 0 Å². The first-order valence-electron chi connectivity index (χ1n) is 10.1. The zero-order valence-electron chi connectivity index (χ0n) is 18.4. The Morgan fingerprint density at radius 3 is 2.40 bits per heavy atom. The molecule has 0 saturated carbocycles. The van der Waals surface area contributed by atoms with Gasteiger partial charge in [0.25, 0.3) is 5.91 Å². The highest BCUT2D eigenvalue weighted by molar-refractivity contribution is 5.94. The van der Waals surface area contributed by atoms with Crippen LogP contribution in [0, 0.1) is 0 Å². The van der Waals surface area contributed by atoms with Crippen LogP contribution in [0.25, 0.3) is 0 Å². The van der Waals surface area contributed by atoms with Gasteiger partial charge in [0, 0.05) is 46.5 Å². The van der Waals surface area contributed by atoms with E-state index < -0.39 is 17.7 Å². The van der Waals surface area contributed by atoms with Crippen LogP contribution < -0.4 is 5.32 Å². The molecule has 0 aromatic rings. The molecule has 1 N–H and O–H groups in total. The fourth-order valence-electron chi connectivity index (χ4n) is 3.73. The number of hydrogen-bond acceptors (Lipinski definition) is 8. The molecule has 1 atom stereocenters. The van der Waals surface area contributed by atoms with E-state index in [9.17, 15) is 14.4 Å². The molecule has 0 aromatic carbocycles. The maximum absolute atomic E-state index is 12.9. The van der Waals surface area contributed by atoms with Crippen molar-refractivity contribution in [3.8, 4) is 0 Å². The lowest BCUT2D eigenvalue weighted by atomic mass is 10.2. The smallest absolute Gasteiger partial charge is 0.408 e. The van der Waals surface area contributed by atoms with Gasteiger partial charge in [-0.1, -0.05) is 0 Å². The van der Waals surface area contributed by atoms with E-state index in [0.29, 0.717) is 45.2 Å². The van der Waals surface area contributed by atoms with Crippen molar-refractivity contribution >= 4 is 17.9 Å². The summed E-state index contributed by atoms with van der Waals surface area (Å²) in [7, 11) is 3.42. The van der Waals surface area contributed by atoms with Crippen LogP contribution in [0.2, 0.25) is 0 Å². The van der Waals surface area contributed by atoms with Crippen molar-refractivity contribution in [3.05, 3.63) is 11.9 Å². The molecule has 3 amide bonds. The van der Waals surface area contributed by atoms with Crippen molar-refractivity contribution in [1.29, 1.82) is 0 Å². The summed E-state index contributed by atoms with van der Waals surface area (Å²) in [6.45, 7) is 8.56. The predicted octanol–water partition coefficient (Wildman–Crippen LogP) is -0.569. The topological polar surface area (TPSA) is 97.9 Å². The molecule has 0 aromatic heterocycles. The second kappa shape index (κ2) is 8.68. The summed E-state index contributed by atoms with van der Waals surface area (Å²) in [5.41, 5.74) is 0.0507. The van der Waals surface area contributed by atoms with Gasteiger partial charge in [0.2, 0.25) is 5.91 Å². The van der Waals surface area contributed by atoms with Gasteiger partial charge in [0.05, 0.1) is 13.3 Å². The van der Waals surface area contributed by atoms with Gasteiger partial charge in [-0.3, -0.25) is 9.59 Å². The summed E-state index contributed by atoms with van der Waals surface area (Å²) in [4.78, 5) is 43.4. The quantitative estimate of drug-likeness (QED) is 0.627. The summed E-state index contributed by atoms with van der Waals surface area (Å²) < 4.78 is 10.4. The zero-order chi connectivity index (χ0) is 22.1. The van der Waals surface area contributed by atoms with Crippen LogP contribution in [0.5, 0.6) is 0 Å². The molecule has 2 fully saturated rings. The summed E-state index contributed by atoms with van der Waals surface area (Å²) in [5.74, 6) is -0.233. The standard InChI is InChI=1S/C19H32N6O5/c1-19(2,3)30-18(28)20-14(11-29-5)16(26)22-6-8-24(9-7-22)25-13-23-12-21(4)10-15(23)17(25)27/h10,14H,6-9,11-13H2,1-5H3,(H,20,28). The lowest BCUT2D eigenvalue weighted by molar-refractivity contribution is -0.149. The second-order valence-corrected chi connectivity index (χ2v) is 8.73. The van der Waals surface area contributed by atoms with Crippen molar-refractivity contribution in [1.82, 2.24) is 30.0 Å². The lowest BCUT2D eigenvalue weighted by Crippen LogP contribution is -2.59. The Labute approximate surface area is 177 Å². The normalized spacial score (nSPS) is 21.0. The summed E-state index contributed by atoms with van der Waals surface area (Å²) in [6, 6.07) is -0.823. The van der Waals surface area contributed by atoms with Crippen LogP contribution in [0.1, 0.15) is 20.8 Å². The number of methoxy groups -OCH3 is 1. The second-order valence-electron chi connectivity index (χ2n) is 8.73. The molecule has 30 heavy (non-hydrogen) atoms. The molecule has 3 heterocycles. The fourth-order valence-corrected chi connectivity index (χ4v) is 3.73. The average molecular weight is 425 g/mol. The predicted molar refractivity (Wildman–Crippen MR) is 107 cm³/mol. The molecule has 0 radical (unpaired) electrons. The maximum Gasteiger partial charge on any atom is 0.408 e. The minimum Gasteiger partial charge on any atom is -0.444 e. The monoisotopic (exact) mass is 424 g/mol. The fraction of sp³-hybridized carbons (Fsp3) is 0.737. The Balaban J connectivity index is 1.54. The number of amides is 3. The molecule has 11 nitrogen and oxygen atoms in total. The minimum absolute atomic E-state index is 0.0111. The molecule has 3 rings (SSSR count). The third-order valence-corrected chi connectivity index (χ3v) is 5.07. The average Bonchev–Trinajstić information content (AvgIpc) is 3.17. The maximum atomic E-state index is 12.9. The molecule has 3 aliphatic heterocycles. The Morgan fingerprint density at radius 1 is 1.17 bits per heavy atom. The van der Waals surface area contributed by atoms with Crippen molar-refractivity contribution < 1.29 is 23.9 Å². The van der Waals surface area contributed by atoms with Gasteiger partial charge < -0.3 is 29.5 Å². The first-order valence-corrected chi connectivity index (χ1v) is 10.1. The van der Waals surface area contributed by atoms with Gasteiger partial charge >= 0.3 is 6.09 Å². The van der Waals surface area contributed by atoms with Crippen LogP contribution >= 0.6 is 0 Å². The molecule has 0 aliphatic carbocycles. The van der Waals surface area contributed by atoms with E-state index in [1.54, 1.807) is 30.7 Å². The Morgan fingerprint density at radius 2 is 1.83 bits per heavy atom. The molecular weight excluding hydrogens is 392 g/mol. The van der Waals surface area contributed by atoms with E-state index in [2.05, 4.69) is 5.32 Å². The Hall–Kier alpha value is -2.53. The highest BCUT2D eigenvalue weighted by atomic mass is 16.6. The van der Waals surface area contributed by atoms with Crippen LogP contribution in [0.15, 0.2) is 11.9 Å². The van der Waals surface area contributed by atoms with Crippen LogP contribution in [-0.2, 0) is 19.1 Å². The van der Waals surface area contributed by atoms with Gasteiger partial charge in [0.15, 0.2) is 0 Å². The largest absolute Gasteiger partial charge is 0.444 e. The molecule has 11 heteroatoms. The van der Waals surface area contributed by atoms with Gasteiger partial charge in [-0.2, -0.15) is 0 Å². The number of ether oxygens (including phenoxy) is 2. The summed E-state index contributed by atoms with van der Waals surface area (Å²) >= 11 is 0. The first kappa shape index (κ1) is 22.2. The number of rotatable bonds is 5. The van der Waals surface area contributed by atoms with E-state index in [-0.39, 0.29) is 18.4 Å². The van der Waals surface area contributed by atoms with E-state index in [4.69, 9.17) is 9.47 Å². The molecule has 1 unspecified atom stereocenters. The molecule has 0 spiro atoms. The SMILES string of the molecule is COCC(NC(=O)OC(C)(C)C)C(=O)N1CCN(N2CN3CN(C)C=C3C2=O)CC1. The molecule has 2 saturated heterocycles. The first-order chi connectivity index (χ1) is 14.1. The highest BCUT2D eigenvalue weighted by Crippen LogP contribution is 2.25. The number of carbonyl (C=O) groups is 3. The number of nitrogens with one attached hydrogen (secondary N) is 1.